The Morgan fingerprint density at radius 1 is 1.24 bits per heavy atom. The molecule has 1 fully saturated rings. The molecule has 0 aromatic heterocycles. The Kier molecular flexibility index (Phi) is 8.37. The number of halogens is 1. The number of amides is 2. The highest BCUT2D eigenvalue weighted by Crippen LogP contribution is 2.18. The van der Waals surface area contributed by atoms with Gasteiger partial charge in [-0.15, -0.1) is 12.4 Å². The molecule has 0 bridgehead atoms. The topological polar surface area (TPSA) is 96.5 Å². The number of esters is 1. The van der Waals surface area contributed by atoms with Gasteiger partial charge in [0, 0.05) is 11.6 Å². The Balaban J connectivity index is 0.00000312. The average Bonchev–Trinajstić information content (AvgIpc) is 2.52. The minimum atomic E-state index is -0.489. The zero-order valence-electron chi connectivity index (χ0n) is 14.3. The summed E-state index contributed by atoms with van der Waals surface area (Å²) in [6, 6.07) is 7.10. The summed E-state index contributed by atoms with van der Waals surface area (Å²) in [6.45, 7) is 3.56. The van der Waals surface area contributed by atoms with E-state index in [9.17, 15) is 14.4 Å². The first-order valence-electron chi connectivity index (χ1n) is 7.93. The van der Waals surface area contributed by atoms with Crippen LogP contribution in [0.1, 0.15) is 12.5 Å². The highest BCUT2D eigenvalue weighted by atomic mass is 35.5. The fraction of sp³-hybridized carbons (Fsp3) is 0.471. The molecule has 2 amide bonds. The van der Waals surface area contributed by atoms with Crippen LogP contribution in [0.3, 0.4) is 0 Å². The molecule has 7 nitrogen and oxygen atoms in total. The minimum Gasteiger partial charge on any atom is -0.468 e. The maximum atomic E-state index is 12.1. The van der Waals surface area contributed by atoms with E-state index in [2.05, 4.69) is 20.7 Å². The van der Waals surface area contributed by atoms with Crippen LogP contribution in [-0.2, 0) is 25.5 Å². The molecule has 2 rings (SSSR count). The summed E-state index contributed by atoms with van der Waals surface area (Å²) in [6.07, 6.45) is 0.162. The van der Waals surface area contributed by atoms with Gasteiger partial charge in [0.2, 0.25) is 11.8 Å². The number of nitrogens with one attached hydrogen (secondary N) is 3. The van der Waals surface area contributed by atoms with Gasteiger partial charge >= 0.3 is 5.97 Å². The standard InChI is InChI=1S/C17H23N3O4.ClH/c1-11(13-8-18-9-13)17(23)20-14-5-3-12(4-6-14)7-15(21)19-10-16(22)24-2;/h3-6,11,13,18H,7-10H2,1-2H3,(H,19,21)(H,20,23);1H. The predicted octanol–water partition coefficient (Wildman–Crippen LogP) is 0.734. The molecule has 1 aliphatic heterocycles. The summed E-state index contributed by atoms with van der Waals surface area (Å²) >= 11 is 0. The summed E-state index contributed by atoms with van der Waals surface area (Å²) in [7, 11) is 1.27. The number of rotatable bonds is 7. The SMILES string of the molecule is COC(=O)CNC(=O)Cc1ccc(NC(=O)C(C)C2CNC2)cc1.Cl. The smallest absolute Gasteiger partial charge is 0.325 e. The molecule has 1 heterocycles. The molecule has 1 saturated heterocycles. The quantitative estimate of drug-likeness (QED) is 0.616. The number of carbonyl (C=O) groups excluding carboxylic acids is 3. The van der Waals surface area contributed by atoms with Crippen molar-refractivity contribution in [1.82, 2.24) is 10.6 Å². The van der Waals surface area contributed by atoms with Crippen LogP contribution >= 0.6 is 12.4 Å². The van der Waals surface area contributed by atoms with E-state index in [1.807, 2.05) is 6.92 Å². The van der Waals surface area contributed by atoms with E-state index in [0.29, 0.717) is 11.6 Å². The van der Waals surface area contributed by atoms with Crippen molar-refractivity contribution in [3.05, 3.63) is 29.8 Å². The second kappa shape index (κ2) is 10.0. The molecule has 138 valence electrons. The number of ether oxygens (including phenoxy) is 1. The monoisotopic (exact) mass is 369 g/mol. The Bertz CT molecular complexity index is 602. The van der Waals surface area contributed by atoms with E-state index in [4.69, 9.17) is 0 Å². The fourth-order valence-corrected chi connectivity index (χ4v) is 2.33. The van der Waals surface area contributed by atoms with Crippen LogP contribution in [0.2, 0.25) is 0 Å². The summed E-state index contributed by atoms with van der Waals surface area (Å²) < 4.78 is 4.45. The largest absolute Gasteiger partial charge is 0.468 e. The lowest BCUT2D eigenvalue weighted by Gasteiger charge is -2.31. The van der Waals surface area contributed by atoms with Crippen molar-refractivity contribution in [3.8, 4) is 0 Å². The van der Waals surface area contributed by atoms with Crippen LogP contribution in [-0.4, -0.2) is 44.5 Å². The average molecular weight is 370 g/mol. The van der Waals surface area contributed by atoms with Crippen molar-refractivity contribution in [2.75, 3.05) is 32.1 Å². The molecule has 0 radical (unpaired) electrons. The van der Waals surface area contributed by atoms with Gasteiger partial charge in [0.1, 0.15) is 6.54 Å². The highest BCUT2D eigenvalue weighted by molar-refractivity contribution is 5.92. The second-order valence-corrected chi connectivity index (χ2v) is 5.92. The number of methoxy groups -OCH3 is 1. The molecule has 1 unspecified atom stereocenters. The first kappa shape index (κ1) is 20.9. The van der Waals surface area contributed by atoms with E-state index >= 15 is 0 Å². The summed E-state index contributed by atoms with van der Waals surface area (Å²) in [5, 5.41) is 8.53. The number of hydrogen-bond donors (Lipinski definition) is 3. The lowest BCUT2D eigenvalue weighted by atomic mass is 9.88. The Labute approximate surface area is 153 Å². The second-order valence-electron chi connectivity index (χ2n) is 5.92. The van der Waals surface area contributed by atoms with Crippen LogP contribution < -0.4 is 16.0 Å². The maximum Gasteiger partial charge on any atom is 0.325 e. The molecule has 8 heteroatoms. The van der Waals surface area contributed by atoms with Gasteiger partial charge in [0.15, 0.2) is 0 Å². The molecule has 3 N–H and O–H groups in total. The highest BCUT2D eigenvalue weighted by Gasteiger charge is 2.28. The zero-order chi connectivity index (χ0) is 17.5. The molecule has 25 heavy (non-hydrogen) atoms. The first-order valence-corrected chi connectivity index (χ1v) is 7.93. The van der Waals surface area contributed by atoms with Crippen molar-refractivity contribution < 1.29 is 19.1 Å². The van der Waals surface area contributed by atoms with Crippen LogP contribution in [0.25, 0.3) is 0 Å². The molecule has 1 aromatic carbocycles. The zero-order valence-corrected chi connectivity index (χ0v) is 15.2. The molecule has 0 spiro atoms. The third kappa shape index (κ3) is 6.36. The van der Waals surface area contributed by atoms with Crippen molar-refractivity contribution in [3.63, 3.8) is 0 Å². The van der Waals surface area contributed by atoms with Gasteiger partial charge in [0.25, 0.3) is 0 Å². The van der Waals surface area contributed by atoms with Gasteiger partial charge in [-0.05, 0) is 36.7 Å². The Morgan fingerprint density at radius 2 is 1.88 bits per heavy atom. The van der Waals surface area contributed by atoms with Crippen molar-refractivity contribution in [1.29, 1.82) is 0 Å². The molecule has 0 aliphatic carbocycles. The maximum absolute atomic E-state index is 12.1. The normalized spacial score (nSPS) is 14.5. The van der Waals surface area contributed by atoms with Gasteiger partial charge in [0.05, 0.1) is 13.5 Å². The van der Waals surface area contributed by atoms with Gasteiger partial charge in [-0.2, -0.15) is 0 Å². The summed E-state index contributed by atoms with van der Waals surface area (Å²) in [5.41, 5.74) is 1.50. The number of anilines is 1. The van der Waals surface area contributed by atoms with E-state index in [0.717, 1.165) is 18.7 Å². The van der Waals surface area contributed by atoms with Crippen LogP contribution in [0, 0.1) is 11.8 Å². The van der Waals surface area contributed by atoms with E-state index in [1.165, 1.54) is 7.11 Å². The van der Waals surface area contributed by atoms with Gasteiger partial charge in [-0.25, -0.2) is 0 Å². The van der Waals surface area contributed by atoms with Crippen LogP contribution in [0.5, 0.6) is 0 Å². The molecule has 1 atom stereocenters. The Morgan fingerprint density at radius 3 is 2.40 bits per heavy atom. The van der Waals surface area contributed by atoms with E-state index < -0.39 is 5.97 Å². The van der Waals surface area contributed by atoms with Crippen molar-refractivity contribution in [2.45, 2.75) is 13.3 Å². The van der Waals surface area contributed by atoms with Crippen molar-refractivity contribution >= 4 is 35.9 Å². The minimum absolute atomic E-state index is 0. The van der Waals surface area contributed by atoms with Crippen molar-refractivity contribution in [2.24, 2.45) is 11.8 Å². The Hall–Kier alpha value is -2.12. The third-order valence-corrected chi connectivity index (χ3v) is 4.18. The molecular weight excluding hydrogens is 346 g/mol. The predicted molar refractivity (Wildman–Crippen MR) is 96.6 cm³/mol. The lowest BCUT2D eigenvalue weighted by molar-refractivity contribution is -0.141. The van der Waals surface area contributed by atoms with Gasteiger partial charge in [-0.3, -0.25) is 14.4 Å². The summed E-state index contributed by atoms with van der Waals surface area (Å²) in [5.74, 6) is -0.386. The lowest BCUT2D eigenvalue weighted by Crippen LogP contribution is -2.48. The van der Waals surface area contributed by atoms with Gasteiger partial charge in [-0.1, -0.05) is 19.1 Å². The molecule has 1 aliphatic rings. The molecule has 1 aromatic rings. The first-order chi connectivity index (χ1) is 11.5. The number of benzene rings is 1. The fourth-order valence-electron chi connectivity index (χ4n) is 2.33. The van der Waals surface area contributed by atoms with Crippen LogP contribution in [0.15, 0.2) is 24.3 Å². The molecule has 0 saturated carbocycles. The van der Waals surface area contributed by atoms with Crippen LogP contribution in [0.4, 0.5) is 5.69 Å². The van der Waals surface area contributed by atoms with E-state index in [1.54, 1.807) is 24.3 Å². The van der Waals surface area contributed by atoms with Gasteiger partial charge < -0.3 is 20.7 Å². The summed E-state index contributed by atoms with van der Waals surface area (Å²) in [4.78, 5) is 34.8. The number of hydrogen-bond acceptors (Lipinski definition) is 5. The van der Waals surface area contributed by atoms with E-state index in [-0.39, 0.29) is 43.1 Å². The molecular formula is C17H24ClN3O4. The third-order valence-electron chi connectivity index (χ3n) is 4.18. The number of carbonyl (C=O) groups is 3.